The topological polar surface area (TPSA) is 81.1 Å². The lowest BCUT2D eigenvalue weighted by Gasteiger charge is -2.45. The summed E-state index contributed by atoms with van der Waals surface area (Å²) in [5, 5.41) is 19.4. The standard InChI is InChI=1S/C14H24N2O4/c1-13(2)5-4-7-16(10(13)11(17)18)12(19)15-8-6-14(3,20)9-15/h10,20H,4-9H2,1-3H3,(H,17,18). The second kappa shape index (κ2) is 4.91. The van der Waals surface area contributed by atoms with E-state index in [0.29, 0.717) is 19.5 Å². The molecule has 0 bridgehead atoms. The third-order valence-electron chi connectivity index (χ3n) is 4.47. The monoisotopic (exact) mass is 284 g/mol. The Morgan fingerprint density at radius 1 is 1.15 bits per heavy atom. The fourth-order valence-electron chi connectivity index (χ4n) is 3.36. The first-order valence-electron chi connectivity index (χ1n) is 7.15. The summed E-state index contributed by atoms with van der Waals surface area (Å²) in [5.74, 6) is -0.950. The normalized spacial score (nSPS) is 33.3. The van der Waals surface area contributed by atoms with E-state index in [-0.39, 0.29) is 12.6 Å². The summed E-state index contributed by atoms with van der Waals surface area (Å²) in [7, 11) is 0. The summed E-state index contributed by atoms with van der Waals surface area (Å²) in [5.41, 5.74) is -1.29. The van der Waals surface area contributed by atoms with Crippen molar-refractivity contribution in [1.29, 1.82) is 0 Å². The highest BCUT2D eigenvalue weighted by atomic mass is 16.4. The number of carbonyl (C=O) groups excluding carboxylic acids is 1. The lowest BCUT2D eigenvalue weighted by molar-refractivity contribution is -0.148. The van der Waals surface area contributed by atoms with Crippen LogP contribution in [-0.4, -0.2) is 63.3 Å². The maximum atomic E-state index is 12.6. The number of rotatable bonds is 1. The van der Waals surface area contributed by atoms with E-state index in [1.807, 2.05) is 13.8 Å². The first-order chi connectivity index (χ1) is 9.14. The van der Waals surface area contributed by atoms with Crippen molar-refractivity contribution >= 4 is 12.0 Å². The van der Waals surface area contributed by atoms with Crippen molar-refractivity contribution in [3.63, 3.8) is 0 Å². The smallest absolute Gasteiger partial charge is 0.327 e. The fraction of sp³-hybridized carbons (Fsp3) is 0.857. The molecule has 0 saturated carbocycles. The van der Waals surface area contributed by atoms with Gasteiger partial charge < -0.3 is 20.0 Å². The summed E-state index contributed by atoms with van der Waals surface area (Å²) in [4.78, 5) is 27.2. The van der Waals surface area contributed by atoms with Crippen LogP contribution < -0.4 is 0 Å². The van der Waals surface area contributed by atoms with Gasteiger partial charge in [-0.25, -0.2) is 9.59 Å². The van der Waals surface area contributed by atoms with E-state index in [9.17, 15) is 19.8 Å². The van der Waals surface area contributed by atoms with Crippen LogP contribution in [-0.2, 0) is 4.79 Å². The Morgan fingerprint density at radius 3 is 2.30 bits per heavy atom. The molecule has 2 heterocycles. The molecule has 2 aliphatic rings. The molecule has 0 aromatic heterocycles. The van der Waals surface area contributed by atoms with Crippen LogP contribution in [0.3, 0.4) is 0 Å². The molecule has 2 saturated heterocycles. The fourth-order valence-corrected chi connectivity index (χ4v) is 3.36. The molecule has 20 heavy (non-hydrogen) atoms. The third-order valence-corrected chi connectivity index (χ3v) is 4.47. The minimum atomic E-state index is -0.950. The van der Waals surface area contributed by atoms with Crippen LogP contribution in [0.2, 0.25) is 0 Å². The average Bonchev–Trinajstić information content (AvgIpc) is 2.66. The Kier molecular flexibility index (Phi) is 3.71. The maximum Gasteiger partial charge on any atom is 0.327 e. The number of carboxylic acid groups (broad SMARTS) is 1. The Bertz CT molecular complexity index is 419. The van der Waals surface area contributed by atoms with E-state index in [2.05, 4.69) is 0 Å². The summed E-state index contributed by atoms with van der Waals surface area (Å²) in [6.45, 7) is 6.72. The zero-order valence-corrected chi connectivity index (χ0v) is 12.4. The van der Waals surface area contributed by atoms with Crippen molar-refractivity contribution in [2.75, 3.05) is 19.6 Å². The van der Waals surface area contributed by atoms with Crippen molar-refractivity contribution < 1.29 is 19.8 Å². The predicted octanol–water partition coefficient (Wildman–Crippen LogP) is 1.14. The number of piperidine rings is 1. The number of aliphatic hydroxyl groups is 1. The number of likely N-dealkylation sites (tertiary alicyclic amines) is 2. The molecule has 0 aliphatic carbocycles. The van der Waals surface area contributed by atoms with E-state index < -0.39 is 23.0 Å². The molecule has 0 aromatic carbocycles. The van der Waals surface area contributed by atoms with Crippen LogP contribution in [0.4, 0.5) is 4.79 Å². The lowest BCUT2D eigenvalue weighted by atomic mass is 9.76. The molecule has 2 N–H and O–H groups in total. The van der Waals surface area contributed by atoms with Crippen molar-refractivity contribution in [1.82, 2.24) is 9.80 Å². The van der Waals surface area contributed by atoms with Gasteiger partial charge in [-0.05, 0) is 31.6 Å². The van der Waals surface area contributed by atoms with E-state index in [1.165, 1.54) is 4.90 Å². The molecular weight excluding hydrogens is 260 g/mol. The molecule has 2 atom stereocenters. The second-order valence-electron chi connectivity index (χ2n) is 6.98. The van der Waals surface area contributed by atoms with Crippen molar-refractivity contribution in [3.8, 4) is 0 Å². The molecule has 0 radical (unpaired) electrons. The van der Waals surface area contributed by atoms with Gasteiger partial charge >= 0.3 is 12.0 Å². The zero-order chi connectivity index (χ0) is 15.1. The van der Waals surface area contributed by atoms with Gasteiger partial charge in [0, 0.05) is 13.1 Å². The van der Waals surface area contributed by atoms with Gasteiger partial charge in [-0.2, -0.15) is 0 Å². The molecule has 2 unspecified atom stereocenters. The van der Waals surface area contributed by atoms with Crippen LogP contribution >= 0.6 is 0 Å². The summed E-state index contributed by atoms with van der Waals surface area (Å²) in [6.07, 6.45) is 2.14. The summed E-state index contributed by atoms with van der Waals surface area (Å²) in [6, 6.07) is -1.06. The van der Waals surface area contributed by atoms with Crippen molar-refractivity contribution in [2.24, 2.45) is 5.41 Å². The summed E-state index contributed by atoms with van der Waals surface area (Å²) >= 11 is 0. The third kappa shape index (κ3) is 2.75. The predicted molar refractivity (Wildman–Crippen MR) is 73.4 cm³/mol. The molecule has 2 fully saturated rings. The molecule has 0 spiro atoms. The largest absolute Gasteiger partial charge is 0.480 e. The molecule has 2 aliphatic heterocycles. The van der Waals surface area contributed by atoms with Crippen LogP contribution in [0.15, 0.2) is 0 Å². The summed E-state index contributed by atoms with van der Waals surface area (Å²) < 4.78 is 0. The first-order valence-corrected chi connectivity index (χ1v) is 7.15. The van der Waals surface area contributed by atoms with Gasteiger partial charge in [0.05, 0.1) is 12.1 Å². The number of β-amino-alcohol motifs (C(OH)–C–C–N with tert-alkyl or cyclic N) is 1. The quantitative estimate of drug-likeness (QED) is 0.756. The Labute approximate surface area is 119 Å². The SMILES string of the molecule is CC1(O)CCN(C(=O)N2CCCC(C)(C)C2C(=O)O)C1. The number of carbonyl (C=O) groups is 2. The van der Waals surface area contributed by atoms with E-state index >= 15 is 0 Å². The minimum absolute atomic E-state index is 0.261. The van der Waals surface area contributed by atoms with Crippen LogP contribution in [0.5, 0.6) is 0 Å². The van der Waals surface area contributed by atoms with Gasteiger partial charge in [0.25, 0.3) is 0 Å². The van der Waals surface area contributed by atoms with E-state index in [0.717, 1.165) is 12.8 Å². The highest BCUT2D eigenvalue weighted by Gasteiger charge is 2.47. The number of amides is 2. The Balaban J connectivity index is 2.17. The van der Waals surface area contributed by atoms with Crippen LogP contribution in [0.1, 0.15) is 40.0 Å². The first kappa shape index (κ1) is 15.1. The molecule has 6 heteroatoms. The average molecular weight is 284 g/mol. The van der Waals surface area contributed by atoms with E-state index in [1.54, 1.807) is 11.8 Å². The molecule has 0 aromatic rings. The van der Waals surface area contributed by atoms with Gasteiger partial charge in [-0.3, -0.25) is 0 Å². The number of aliphatic carboxylic acids is 1. The van der Waals surface area contributed by atoms with Gasteiger partial charge in [0.15, 0.2) is 0 Å². The van der Waals surface area contributed by atoms with E-state index in [4.69, 9.17) is 0 Å². The van der Waals surface area contributed by atoms with Crippen molar-refractivity contribution in [3.05, 3.63) is 0 Å². The number of carboxylic acids is 1. The van der Waals surface area contributed by atoms with Gasteiger partial charge in [0.1, 0.15) is 6.04 Å². The number of hydrogen-bond acceptors (Lipinski definition) is 3. The minimum Gasteiger partial charge on any atom is -0.480 e. The Hall–Kier alpha value is -1.30. The molecule has 114 valence electrons. The molecular formula is C14H24N2O4. The highest BCUT2D eigenvalue weighted by Crippen LogP contribution is 2.36. The van der Waals surface area contributed by atoms with Gasteiger partial charge in [-0.15, -0.1) is 0 Å². The number of hydrogen-bond donors (Lipinski definition) is 2. The van der Waals surface area contributed by atoms with Gasteiger partial charge in [-0.1, -0.05) is 13.8 Å². The molecule has 2 amide bonds. The van der Waals surface area contributed by atoms with Gasteiger partial charge in [0.2, 0.25) is 0 Å². The van der Waals surface area contributed by atoms with Crippen LogP contribution in [0.25, 0.3) is 0 Å². The number of nitrogens with zero attached hydrogens (tertiary/aromatic N) is 2. The Morgan fingerprint density at radius 2 is 1.80 bits per heavy atom. The van der Waals surface area contributed by atoms with Crippen molar-refractivity contribution in [2.45, 2.75) is 51.7 Å². The lowest BCUT2D eigenvalue weighted by Crippen LogP contribution is -2.59. The highest BCUT2D eigenvalue weighted by molar-refractivity contribution is 5.84. The molecule has 2 rings (SSSR count). The number of urea groups is 1. The zero-order valence-electron chi connectivity index (χ0n) is 12.4. The van der Waals surface area contributed by atoms with Crippen LogP contribution in [0, 0.1) is 5.41 Å². The second-order valence-corrected chi connectivity index (χ2v) is 6.98. The maximum absolute atomic E-state index is 12.6. The molecule has 6 nitrogen and oxygen atoms in total.